The summed E-state index contributed by atoms with van der Waals surface area (Å²) in [6.45, 7) is 1.62. The molecule has 0 unspecified atom stereocenters. The Morgan fingerprint density at radius 2 is 1.85 bits per heavy atom. The van der Waals surface area contributed by atoms with Gasteiger partial charge in [-0.1, -0.05) is 30.3 Å². The van der Waals surface area contributed by atoms with Gasteiger partial charge in [0.15, 0.2) is 5.78 Å². The van der Waals surface area contributed by atoms with Crippen LogP contribution < -0.4 is 4.74 Å². The first-order chi connectivity index (χ1) is 9.70. The first kappa shape index (κ1) is 12.9. The Balaban J connectivity index is 2.36. The van der Waals surface area contributed by atoms with Gasteiger partial charge in [0.25, 0.3) is 0 Å². The minimum Gasteiger partial charge on any atom is -0.497 e. The van der Waals surface area contributed by atoms with E-state index in [1.807, 2.05) is 48.5 Å². The van der Waals surface area contributed by atoms with Crippen LogP contribution in [-0.2, 0) is 0 Å². The Hall–Kier alpha value is -2.13. The van der Waals surface area contributed by atoms with Crippen molar-refractivity contribution in [3.05, 3.63) is 53.4 Å². The summed E-state index contributed by atoms with van der Waals surface area (Å²) in [7, 11) is 1.65. The number of benzene rings is 2. The van der Waals surface area contributed by atoms with E-state index in [-0.39, 0.29) is 5.78 Å². The summed E-state index contributed by atoms with van der Waals surface area (Å²) in [6.07, 6.45) is 0. The zero-order valence-electron chi connectivity index (χ0n) is 11.3. The maximum absolute atomic E-state index is 11.9. The molecule has 0 amide bonds. The highest BCUT2D eigenvalue weighted by Gasteiger charge is 2.17. The molecule has 0 aliphatic rings. The monoisotopic (exact) mass is 282 g/mol. The van der Waals surface area contributed by atoms with Gasteiger partial charge in [0.1, 0.15) is 5.75 Å². The topological polar surface area (TPSA) is 26.3 Å². The van der Waals surface area contributed by atoms with Gasteiger partial charge < -0.3 is 4.74 Å². The van der Waals surface area contributed by atoms with E-state index in [0.717, 1.165) is 31.8 Å². The van der Waals surface area contributed by atoms with E-state index < -0.39 is 0 Å². The Kier molecular flexibility index (Phi) is 3.28. The van der Waals surface area contributed by atoms with Gasteiger partial charge in [-0.05, 0) is 30.7 Å². The molecule has 0 aliphatic heterocycles. The highest BCUT2D eigenvalue weighted by atomic mass is 32.1. The predicted octanol–water partition coefficient (Wildman–Crippen LogP) is 4.78. The molecular weight excluding hydrogens is 268 g/mol. The van der Waals surface area contributed by atoms with Gasteiger partial charge in [0.05, 0.1) is 12.0 Å². The summed E-state index contributed by atoms with van der Waals surface area (Å²) in [5, 5.41) is 1.07. The lowest BCUT2D eigenvalue weighted by atomic mass is 10.0. The molecule has 0 bridgehead atoms. The van der Waals surface area contributed by atoms with E-state index in [0.29, 0.717) is 0 Å². The summed E-state index contributed by atoms with van der Waals surface area (Å²) < 4.78 is 6.41. The number of methoxy groups -OCH3 is 1. The van der Waals surface area contributed by atoms with Crippen molar-refractivity contribution in [3.63, 3.8) is 0 Å². The van der Waals surface area contributed by atoms with E-state index in [4.69, 9.17) is 4.74 Å². The fourth-order valence-electron chi connectivity index (χ4n) is 2.34. The maximum atomic E-state index is 11.9. The number of ether oxygens (including phenoxy) is 1. The number of carbonyl (C=O) groups is 1. The van der Waals surface area contributed by atoms with E-state index in [1.54, 1.807) is 25.4 Å². The molecule has 1 aromatic heterocycles. The molecule has 0 spiro atoms. The number of carbonyl (C=O) groups excluding carboxylic acids is 1. The molecule has 2 nitrogen and oxygen atoms in total. The van der Waals surface area contributed by atoms with Crippen LogP contribution in [0.15, 0.2) is 48.5 Å². The molecule has 0 aliphatic carbocycles. The predicted molar refractivity (Wildman–Crippen MR) is 83.8 cm³/mol. The van der Waals surface area contributed by atoms with Gasteiger partial charge in [-0.3, -0.25) is 4.79 Å². The van der Waals surface area contributed by atoms with Crippen molar-refractivity contribution >= 4 is 27.2 Å². The fourth-order valence-corrected chi connectivity index (χ4v) is 3.44. The quantitative estimate of drug-likeness (QED) is 0.646. The highest BCUT2D eigenvalue weighted by molar-refractivity contribution is 7.21. The van der Waals surface area contributed by atoms with Crippen molar-refractivity contribution in [2.24, 2.45) is 0 Å². The average molecular weight is 282 g/mol. The van der Waals surface area contributed by atoms with E-state index in [9.17, 15) is 4.79 Å². The highest BCUT2D eigenvalue weighted by Crippen LogP contribution is 2.40. The zero-order valence-corrected chi connectivity index (χ0v) is 12.2. The van der Waals surface area contributed by atoms with Gasteiger partial charge in [0, 0.05) is 15.6 Å². The minimum atomic E-state index is 0.101. The third-order valence-electron chi connectivity index (χ3n) is 3.28. The molecule has 0 N–H and O–H groups in total. The van der Waals surface area contributed by atoms with Gasteiger partial charge in [-0.15, -0.1) is 11.3 Å². The molecule has 0 saturated heterocycles. The van der Waals surface area contributed by atoms with Crippen LogP contribution in [0.2, 0.25) is 0 Å². The smallest absolute Gasteiger partial charge is 0.170 e. The molecule has 0 radical (unpaired) electrons. The van der Waals surface area contributed by atoms with Crippen LogP contribution >= 0.6 is 11.3 Å². The number of fused-ring (bicyclic) bond motifs is 1. The molecule has 0 fully saturated rings. The number of ketones is 1. The molecule has 3 rings (SSSR count). The maximum Gasteiger partial charge on any atom is 0.170 e. The van der Waals surface area contributed by atoms with Crippen LogP contribution in [-0.4, -0.2) is 12.9 Å². The average Bonchev–Trinajstić information content (AvgIpc) is 2.86. The molecule has 0 saturated carbocycles. The zero-order chi connectivity index (χ0) is 14.1. The van der Waals surface area contributed by atoms with E-state index in [1.165, 1.54) is 0 Å². The fraction of sp³-hybridized carbons (Fsp3) is 0.118. The van der Waals surface area contributed by atoms with Crippen molar-refractivity contribution in [2.75, 3.05) is 7.11 Å². The number of rotatable bonds is 3. The first-order valence-electron chi connectivity index (χ1n) is 6.37. The van der Waals surface area contributed by atoms with Crippen molar-refractivity contribution in [1.82, 2.24) is 0 Å². The van der Waals surface area contributed by atoms with Crippen LogP contribution in [0.5, 0.6) is 5.75 Å². The molecule has 2 aromatic carbocycles. The van der Waals surface area contributed by atoms with E-state index >= 15 is 0 Å². The SMILES string of the molecule is COc1ccc2sc(C(C)=O)c(-c3ccccc3)c2c1. The molecule has 0 atom stereocenters. The second-order valence-corrected chi connectivity index (χ2v) is 5.64. The van der Waals surface area contributed by atoms with Crippen molar-refractivity contribution in [3.8, 4) is 16.9 Å². The Labute approximate surface area is 121 Å². The van der Waals surface area contributed by atoms with Gasteiger partial charge in [-0.25, -0.2) is 0 Å². The Bertz CT molecular complexity index is 772. The Morgan fingerprint density at radius 1 is 1.10 bits per heavy atom. The minimum absolute atomic E-state index is 0.101. The summed E-state index contributed by atoms with van der Waals surface area (Å²) >= 11 is 1.54. The van der Waals surface area contributed by atoms with Crippen LogP contribution in [0, 0.1) is 0 Å². The lowest BCUT2D eigenvalue weighted by molar-refractivity contribution is 0.102. The van der Waals surface area contributed by atoms with Crippen LogP contribution in [0.4, 0.5) is 0 Å². The van der Waals surface area contributed by atoms with Crippen LogP contribution in [0.25, 0.3) is 21.2 Å². The molecule has 1 heterocycles. The number of hydrogen-bond donors (Lipinski definition) is 0. The summed E-state index contributed by atoms with van der Waals surface area (Å²) in [5.41, 5.74) is 2.08. The van der Waals surface area contributed by atoms with Crippen LogP contribution in [0.1, 0.15) is 16.6 Å². The number of hydrogen-bond acceptors (Lipinski definition) is 3. The van der Waals surface area contributed by atoms with Gasteiger partial charge in [0.2, 0.25) is 0 Å². The third-order valence-corrected chi connectivity index (χ3v) is 4.55. The van der Waals surface area contributed by atoms with Gasteiger partial charge >= 0.3 is 0 Å². The van der Waals surface area contributed by atoms with E-state index in [2.05, 4.69) is 0 Å². The molecule has 3 heteroatoms. The largest absolute Gasteiger partial charge is 0.497 e. The number of thiophene rings is 1. The standard InChI is InChI=1S/C17H14O2S/c1-11(18)17-16(12-6-4-3-5-7-12)14-10-13(19-2)8-9-15(14)20-17/h3-10H,1-2H3. The van der Waals surface area contributed by atoms with Crippen molar-refractivity contribution in [2.45, 2.75) is 6.92 Å². The molecular formula is C17H14O2S. The third kappa shape index (κ3) is 2.10. The molecule has 20 heavy (non-hydrogen) atoms. The van der Waals surface area contributed by atoms with Gasteiger partial charge in [-0.2, -0.15) is 0 Å². The first-order valence-corrected chi connectivity index (χ1v) is 7.19. The summed E-state index contributed by atoms with van der Waals surface area (Å²) in [6, 6.07) is 16.0. The molecule has 100 valence electrons. The lowest BCUT2D eigenvalue weighted by Gasteiger charge is -2.04. The summed E-state index contributed by atoms with van der Waals surface area (Å²) in [5.74, 6) is 0.909. The second-order valence-electron chi connectivity index (χ2n) is 4.59. The lowest BCUT2D eigenvalue weighted by Crippen LogP contribution is -1.90. The summed E-state index contributed by atoms with van der Waals surface area (Å²) in [4.78, 5) is 12.7. The van der Waals surface area contributed by atoms with Crippen LogP contribution in [0.3, 0.4) is 0 Å². The van der Waals surface area contributed by atoms with Crippen molar-refractivity contribution < 1.29 is 9.53 Å². The normalized spacial score (nSPS) is 10.7. The molecule has 3 aromatic rings. The second kappa shape index (κ2) is 5.10. The Morgan fingerprint density at radius 3 is 2.50 bits per heavy atom. The number of Topliss-reactive ketones (excluding diaryl/α,β-unsaturated/α-hetero) is 1. The van der Waals surface area contributed by atoms with Crippen molar-refractivity contribution in [1.29, 1.82) is 0 Å².